The Kier molecular flexibility index (Phi) is 5.29. The van der Waals surface area contributed by atoms with Gasteiger partial charge in [-0.1, -0.05) is 11.8 Å². The lowest BCUT2D eigenvalue weighted by Gasteiger charge is -2.12. The fourth-order valence-corrected chi connectivity index (χ4v) is 3.55. The first-order chi connectivity index (χ1) is 12.6. The summed E-state index contributed by atoms with van der Waals surface area (Å²) in [6.07, 6.45) is -1.26. The molecule has 2 N–H and O–H groups in total. The highest BCUT2D eigenvalue weighted by Gasteiger charge is 2.34. The molecule has 0 bridgehead atoms. The topological polar surface area (TPSA) is 81.1 Å². The second kappa shape index (κ2) is 7.35. The maximum atomic E-state index is 12.9. The summed E-state index contributed by atoms with van der Waals surface area (Å²) in [5.74, 6) is -0.232. The molecule has 10 heteroatoms. The molecule has 3 aromatic heterocycles. The Hall–Kier alpha value is -2.33. The molecule has 1 unspecified atom stereocenters. The maximum Gasteiger partial charge on any atom is 0.433 e. The number of alkyl halides is 3. The van der Waals surface area contributed by atoms with Crippen molar-refractivity contribution in [2.24, 2.45) is 0 Å². The van der Waals surface area contributed by atoms with Crippen molar-refractivity contribution in [1.29, 1.82) is 0 Å². The number of hydrogen-bond donors (Lipinski definition) is 1. The largest absolute Gasteiger partial charge is 0.462 e. The molecule has 0 saturated carbocycles. The van der Waals surface area contributed by atoms with E-state index >= 15 is 0 Å². The quantitative estimate of drug-likeness (QED) is 0.512. The van der Waals surface area contributed by atoms with Crippen LogP contribution >= 0.6 is 11.8 Å². The van der Waals surface area contributed by atoms with Crippen molar-refractivity contribution in [3.05, 3.63) is 41.5 Å². The molecular weight excluding hydrogens is 379 g/mol. The summed E-state index contributed by atoms with van der Waals surface area (Å²) in [4.78, 5) is 13.8. The van der Waals surface area contributed by atoms with Crippen LogP contribution in [0.3, 0.4) is 0 Å². The van der Waals surface area contributed by atoms with E-state index in [-0.39, 0.29) is 16.2 Å². The summed E-state index contributed by atoms with van der Waals surface area (Å²) in [6, 6.07) is 2.57. The monoisotopic (exact) mass is 397 g/mol. The van der Waals surface area contributed by atoms with Gasteiger partial charge in [0.15, 0.2) is 16.4 Å². The molecule has 1 atom stereocenters. The lowest BCUT2D eigenvalue weighted by atomic mass is 10.1. The normalized spacial score (nSPS) is 13.4. The van der Waals surface area contributed by atoms with Crippen LogP contribution in [0, 0.1) is 0 Å². The predicted octanol–water partition coefficient (Wildman–Crippen LogP) is 4.13. The number of halogens is 3. The Morgan fingerprint density at radius 2 is 2.04 bits per heavy atom. The third-order valence-corrected chi connectivity index (χ3v) is 4.74. The third kappa shape index (κ3) is 4.33. The molecule has 0 spiro atoms. The number of pyridine rings is 1. The van der Waals surface area contributed by atoms with Crippen LogP contribution in [0.15, 0.2) is 34.2 Å². The Labute approximate surface area is 158 Å². The molecule has 0 saturated heterocycles. The zero-order valence-corrected chi connectivity index (χ0v) is 15.7. The summed E-state index contributed by atoms with van der Waals surface area (Å²) < 4.78 is 44.5. The van der Waals surface area contributed by atoms with Gasteiger partial charge in [-0.3, -0.25) is 4.98 Å². The number of thioether (sulfide) groups is 1. The van der Waals surface area contributed by atoms with Gasteiger partial charge in [0.1, 0.15) is 5.82 Å². The first-order valence-electron chi connectivity index (χ1n) is 8.03. The van der Waals surface area contributed by atoms with E-state index in [9.17, 15) is 13.2 Å². The molecule has 144 valence electrons. The molecule has 0 aliphatic heterocycles. The molecule has 0 fully saturated rings. The summed E-state index contributed by atoms with van der Waals surface area (Å²) in [5.41, 5.74) is 6.67. The highest BCUT2D eigenvalue weighted by Crippen LogP contribution is 2.38. The van der Waals surface area contributed by atoms with Crippen LogP contribution in [0.25, 0.3) is 11.0 Å². The summed E-state index contributed by atoms with van der Waals surface area (Å²) >= 11 is 1.04. The van der Waals surface area contributed by atoms with Crippen molar-refractivity contribution in [2.75, 3.05) is 19.8 Å². The van der Waals surface area contributed by atoms with Crippen molar-refractivity contribution in [1.82, 2.24) is 19.9 Å². The maximum absolute atomic E-state index is 12.9. The van der Waals surface area contributed by atoms with Crippen molar-refractivity contribution in [2.45, 2.75) is 30.1 Å². The Morgan fingerprint density at radius 1 is 1.30 bits per heavy atom. The third-order valence-electron chi connectivity index (χ3n) is 3.77. The van der Waals surface area contributed by atoms with Gasteiger partial charge in [-0.05, 0) is 27.1 Å². The first-order valence-corrected chi connectivity index (χ1v) is 8.91. The molecule has 6 nitrogen and oxygen atoms in total. The van der Waals surface area contributed by atoms with Gasteiger partial charge in [0.2, 0.25) is 0 Å². The average molecular weight is 397 g/mol. The van der Waals surface area contributed by atoms with Crippen LogP contribution in [-0.4, -0.2) is 33.9 Å². The van der Waals surface area contributed by atoms with E-state index in [4.69, 9.17) is 10.2 Å². The highest BCUT2D eigenvalue weighted by molar-refractivity contribution is 7.99. The Balaban J connectivity index is 1.92. The minimum Gasteiger partial charge on any atom is -0.462 e. The van der Waals surface area contributed by atoms with Gasteiger partial charge in [-0.15, -0.1) is 0 Å². The van der Waals surface area contributed by atoms with Gasteiger partial charge < -0.3 is 15.1 Å². The number of nitrogen functional groups attached to an aromatic ring is 1. The molecular formula is C17H18F3N5OS. The standard InChI is InChI=1S/C17H18F3N5OS/c1-9(27-16-23-12(17(18,19)20)6-13(21)24-16)14-15-11(4-5-22-14)10(8-26-15)7-25(2)3/h4-6,8-9H,7H2,1-3H3,(H2,21,23,24). The molecule has 0 amide bonds. The van der Waals surface area contributed by atoms with Crippen LogP contribution in [0.4, 0.5) is 19.0 Å². The van der Waals surface area contributed by atoms with E-state index in [0.717, 1.165) is 22.7 Å². The number of nitrogens with zero attached hydrogens (tertiary/aromatic N) is 4. The van der Waals surface area contributed by atoms with Crippen LogP contribution in [-0.2, 0) is 12.7 Å². The summed E-state index contributed by atoms with van der Waals surface area (Å²) in [7, 11) is 3.91. The van der Waals surface area contributed by atoms with Gasteiger partial charge in [0.25, 0.3) is 0 Å². The number of nitrogens with two attached hydrogens (primary N) is 1. The van der Waals surface area contributed by atoms with E-state index < -0.39 is 11.9 Å². The predicted molar refractivity (Wildman–Crippen MR) is 97.1 cm³/mol. The number of furan rings is 1. The van der Waals surface area contributed by atoms with Crippen LogP contribution in [0.2, 0.25) is 0 Å². The number of aromatic nitrogens is 3. The van der Waals surface area contributed by atoms with Gasteiger partial charge in [0.05, 0.1) is 17.2 Å². The smallest absolute Gasteiger partial charge is 0.433 e. The molecule has 0 aliphatic rings. The lowest BCUT2D eigenvalue weighted by molar-refractivity contribution is -0.141. The average Bonchev–Trinajstić information content (AvgIpc) is 2.96. The molecule has 0 radical (unpaired) electrons. The van der Waals surface area contributed by atoms with Crippen molar-refractivity contribution in [3.63, 3.8) is 0 Å². The SMILES string of the molecule is CC(Sc1nc(N)cc(C(F)(F)F)n1)c1nccc2c(CN(C)C)coc12. The molecule has 27 heavy (non-hydrogen) atoms. The fraction of sp³-hybridized carbons (Fsp3) is 0.353. The minimum atomic E-state index is -4.59. The second-order valence-corrected chi connectivity index (χ2v) is 7.60. The highest BCUT2D eigenvalue weighted by atomic mass is 32.2. The van der Waals surface area contributed by atoms with Gasteiger partial charge in [0, 0.05) is 29.8 Å². The van der Waals surface area contributed by atoms with E-state index in [1.54, 1.807) is 19.4 Å². The van der Waals surface area contributed by atoms with Gasteiger partial charge >= 0.3 is 6.18 Å². The van der Waals surface area contributed by atoms with E-state index in [2.05, 4.69) is 15.0 Å². The number of hydrogen-bond acceptors (Lipinski definition) is 7. The van der Waals surface area contributed by atoms with Crippen LogP contribution in [0.5, 0.6) is 0 Å². The fourth-order valence-electron chi connectivity index (χ4n) is 2.64. The van der Waals surface area contributed by atoms with Crippen LogP contribution in [0.1, 0.15) is 29.1 Å². The second-order valence-electron chi connectivity index (χ2n) is 6.29. The van der Waals surface area contributed by atoms with Crippen LogP contribution < -0.4 is 5.73 Å². The zero-order valence-electron chi connectivity index (χ0n) is 14.9. The van der Waals surface area contributed by atoms with Crippen molar-refractivity contribution in [3.8, 4) is 0 Å². The number of rotatable bonds is 5. The molecule has 0 aromatic carbocycles. The van der Waals surface area contributed by atoms with E-state index in [1.807, 2.05) is 25.1 Å². The number of fused-ring (bicyclic) bond motifs is 1. The van der Waals surface area contributed by atoms with Gasteiger partial charge in [-0.2, -0.15) is 13.2 Å². The van der Waals surface area contributed by atoms with Crippen molar-refractivity contribution >= 4 is 28.5 Å². The van der Waals surface area contributed by atoms with Crippen molar-refractivity contribution < 1.29 is 17.6 Å². The molecule has 0 aliphatic carbocycles. The first kappa shape index (κ1) is 19.4. The summed E-state index contributed by atoms with van der Waals surface area (Å²) in [6.45, 7) is 2.51. The minimum absolute atomic E-state index is 0.0614. The Morgan fingerprint density at radius 3 is 2.70 bits per heavy atom. The van der Waals surface area contributed by atoms with E-state index in [1.165, 1.54) is 0 Å². The summed E-state index contributed by atoms with van der Waals surface area (Å²) in [5, 5.41) is 0.522. The van der Waals surface area contributed by atoms with Gasteiger partial charge in [-0.25, -0.2) is 9.97 Å². The molecule has 3 aromatic rings. The molecule has 3 rings (SSSR count). The molecule has 3 heterocycles. The number of anilines is 1. The Bertz CT molecular complexity index is 957. The van der Waals surface area contributed by atoms with E-state index in [0.29, 0.717) is 23.9 Å². The lowest BCUT2D eigenvalue weighted by Crippen LogP contribution is -2.11. The zero-order chi connectivity index (χ0) is 19.8.